The lowest BCUT2D eigenvalue weighted by molar-refractivity contribution is 0.0948. The van der Waals surface area contributed by atoms with Crippen molar-refractivity contribution in [2.45, 2.75) is 26.5 Å². The molecule has 1 amide bonds. The first-order valence-corrected chi connectivity index (χ1v) is 6.43. The van der Waals surface area contributed by atoms with Gasteiger partial charge >= 0.3 is 0 Å². The number of nitrogens with two attached hydrogens (primary N) is 1. The lowest BCUT2D eigenvalue weighted by atomic mass is 10.1. The molecule has 0 fully saturated rings. The lowest BCUT2D eigenvalue weighted by Crippen LogP contribution is -2.22. The van der Waals surface area contributed by atoms with Crippen molar-refractivity contribution in [3.63, 3.8) is 0 Å². The van der Waals surface area contributed by atoms with E-state index in [2.05, 4.69) is 5.32 Å². The number of furan rings is 1. The van der Waals surface area contributed by atoms with Crippen LogP contribution in [-0.4, -0.2) is 12.0 Å². The zero-order valence-corrected chi connectivity index (χ0v) is 11.6. The van der Waals surface area contributed by atoms with Crippen LogP contribution >= 0.6 is 0 Å². The molecule has 20 heavy (non-hydrogen) atoms. The molecule has 0 unspecified atom stereocenters. The normalized spacial score (nSPS) is 10.6. The molecular weight excluding hydrogens is 256 g/mol. The Balaban J connectivity index is 2.01. The largest absolute Gasteiger partial charge is 0.489 e. The molecule has 2 aromatic rings. The second kappa shape index (κ2) is 6.14. The van der Waals surface area contributed by atoms with E-state index < -0.39 is 0 Å². The first-order chi connectivity index (χ1) is 9.56. The second-order valence-electron chi connectivity index (χ2n) is 4.68. The van der Waals surface area contributed by atoms with Crippen LogP contribution in [0.2, 0.25) is 0 Å². The maximum atomic E-state index is 12.0. The van der Waals surface area contributed by atoms with Gasteiger partial charge in [0.15, 0.2) is 0 Å². The van der Waals surface area contributed by atoms with Crippen LogP contribution in [-0.2, 0) is 6.54 Å². The summed E-state index contributed by atoms with van der Waals surface area (Å²) in [6.45, 7) is 4.18. The molecule has 2 rings (SSSR count). The van der Waals surface area contributed by atoms with Gasteiger partial charge in [-0.05, 0) is 44.2 Å². The summed E-state index contributed by atoms with van der Waals surface area (Å²) in [7, 11) is 0. The van der Waals surface area contributed by atoms with Crippen molar-refractivity contribution < 1.29 is 13.9 Å². The van der Waals surface area contributed by atoms with Crippen molar-refractivity contribution in [2.24, 2.45) is 0 Å². The van der Waals surface area contributed by atoms with Crippen LogP contribution in [0.1, 0.15) is 30.0 Å². The minimum atomic E-state index is -0.204. The molecule has 0 saturated carbocycles. The maximum absolute atomic E-state index is 12.0. The molecule has 0 spiro atoms. The molecule has 0 aliphatic carbocycles. The molecule has 0 atom stereocenters. The van der Waals surface area contributed by atoms with Crippen molar-refractivity contribution in [1.29, 1.82) is 0 Å². The zero-order chi connectivity index (χ0) is 14.5. The van der Waals surface area contributed by atoms with E-state index in [0.717, 1.165) is 0 Å². The maximum Gasteiger partial charge on any atom is 0.251 e. The second-order valence-corrected chi connectivity index (χ2v) is 4.68. The van der Waals surface area contributed by atoms with E-state index >= 15 is 0 Å². The van der Waals surface area contributed by atoms with E-state index in [-0.39, 0.29) is 12.0 Å². The Morgan fingerprint density at radius 1 is 1.40 bits per heavy atom. The van der Waals surface area contributed by atoms with Gasteiger partial charge in [-0.1, -0.05) is 0 Å². The van der Waals surface area contributed by atoms with Crippen LogP contribution in [0.15, 0.2) is 41.0 Å². The number of nitrogen functional groups attached to an aromatic ring is 1. The SMILES string of the molecule is CC(C)Oc1ccc(C(=O)NCc2ccco2)cc1N. The Kier molecular flexibility index (Phi) is 4.30. The Hall–Kier alpha value is -2.43. The van der Waals surface area contributed by atoms with Gasteiger partial charge in [0.05, 0.1) is 24.6 Å². The van der Waals surface area contributed by atoms with E-state index in [1.807, 2.05) is 13.8 Å². The van der Waals surface area contributed by atoms with Crippen molar-refractivity contribution in [3.05, 3.63) is 47.9 Å². The number of carbonyl (C=O) groups is 1. The smallest absolute Gasteiger partial charge is 0.251 e. The summed E-state index contributed by atoms with van der Waals surface area (Å²) < 4.78 is 10.7. The number of rotatable bonds is 5. The first kappa shape index (κ1) is 14.0. The molecule has 1 aromatic heterocycles. The third-order valence-electron chi connectivity index (χ3n) is 2.64. The zero-order valence-electron chi connectivity index (χ0n) is 11.6. The molecule has 0 aliphatic heterocycles. The van der Waals surface area contributed by atoms with Gasteiger partial charge < -0.3 is 20.2 Å². The summed E-state index contributed by atoms with van der Waals surface area (Å²) >= 11 is 0. The third-order valence-corrected chi connectivity index (χ3v) is 2.64. The van der Waals surface area contributed by atoms with Gasteiger partial charge in [0.1, 0.15) is 11.5 Å². The van der Waals surface area contributed by atoms with Crippen LogP contribution < -0.4 is 15.8 Å². The molecule has 1 heterocycles. The van der Waals surface area contributed by atoms with E-state index in [9.17, 15) is 4.79 Å². The van der Waals surface area contributed by atoms with Gasteiger partial charge in [0.2, 0.25) is 0 Å². The number of carbonyl (C=O) groups excluding carboxylic acids is 1. The van der Waals surface area contributed by atoms with Gasteiger partial charge in [-0.25, -0.2) is 0 Å². The molecule has 5 heteroatoms. The Labute approximate surface area is 117 Å². The number of amides is 1. The first-order valence-electron chi connectivity index (χ1n) is 6.43. The van der Waals surface area contributed by atoms with Gasteiger partial charge in [0.25, 0.3) is 5.91 Å². The average molecular weight is 274 g/mol. The monoisotopic (exact) mass is 274 g/mol. The van der Waals surface area contributed by atoms with Crippen molar-refractivity contribution >= 4 is 11.6 Å². The molecule has 0 radical (unpaired) electrons. The summed E-state index contributed by atoms with van der Waals surface area (Å²) in [5.41, 5.74) is 6.81. The number of hydrogen-bond acceptors (Lipinski definition) is 4. The van der Waals surface area contributed by atoms with Crippen LogP contribution in [0.4, 0.5) is 5.69 Å². The number of hydrogen-bond donors (Lipinski definition) is 2. The Morgan fingerprint density at radius 2 is 2.20 bits per heavy atom. The van der Waals surface area contributed by atoms with Crippen LogP contribution in [0.5, 0.6) is 5.75 Å². The highest BCUT2D eigenvalue weighted by molar-refractivity contribution is 5.95. The minimum absolute atomic E-state index is 0.0379. The van der Waals surface area contributed by atoms with E-state index in [1.165, 1.54) is 0 Å². The van der Waals surface area contributed by atoms with Crippen molar-refractivity contribution in [3.8, 4) is 5.75 Å². The molecular formula is C15H18N2O3. The van der Waals surface area contributed by atoms with Gasteiger partial charge in [-0.15, -0.1) is 0 Å². The molecule has 5 nitrogen and oxygen atoms in total. The van der Waals surface area contributed by atoms with Crippen molar-refractivity contribution in [1.82, 2.24) is 5.32 Å². The number of nitrogens with one attached hydrogen (secondary N) is 1. The average Bonchev–Trinajstić information content (AvgIpc) is 2.91. The molecule has 1 aromatic carbocycles. The standard InChI is InChI=1S/C15H18N2O3/c1-10(2)20-14-6-5-11(8-13(14)16)15(18)17-9-12-4-3-7-19-12/h3-8,10H,9,16H2,1-2H3,(H,17,18). The van der Waals surface area contributed by atoms with Crippen LogP contribution in [0.3, 0.4) is 0 Å². The number of anilines is 1. The topological polar surface area (TPSA) is 77.5 Å². The van der Waals surface area contributed by atoms with Gasteiger partial charge in [-0.2, -0.15) is 0 Å². The van der Waals surface area contributed by atoms with E-state index in [0.29, 0.717) is 29.3 Å². The van der Waals surface area contributed by atoms with E-state index in [1.54, 1.807) is 36.6 Å². The number of benzene rings is 1. The fourth-order valence-electron chi connectivity index (χ4n) is 1.73. The molecule has 3 N–H and O–H groups in total. The summed E-state index contributed by atoms with van der Waals surface area (Å²) in [5, 5.41) is 2.76. The molecule has 106 valence electrons. The minimum Gasteiger partial charge on any atom is -0.489 e. The highest BCUT2D eigenvalue weighted by Crippen LogP contribution is 2.23. The van der Waals surface area contributed by atoms with Gasteiger partial charge in [-0.3, -0.25) is 4.79 Å². The molecule has 0 bridgehead atoms. The van der Waals surface area contributed by atoms with Crippen LogP contribution in [0.25, 0.3) is 0 Å². The van der Waals surface area contributed by atoms with Crippen LogP contribution in [0, 0.1) is 0 Å². The van der Waals surface area contributed by atoms with Gasteiger partial charge in [0, 0.05) is 5.56 Å². The summed E-state index contributed by atoms with van der Waals surface area (Å²) in [4.78, 5) is 12.0. The number of ether oxygens (including phenoxy) is 1. The highest BCUT2D eigenvalue weighted by atomic mass is 16.5. The predicted molar refractivity (Wildman–Crippen MR) is 76.5 cm³/mol. The predicted octanol–water partition coefficient (Wildman–Crippen LogP) is 2.58. The van der Waals surface area contributed by atoms with E-state index in [4.69, 9.17) is 14.9 Å². The highest BCUT2D eigenvalue weighted by Gasteiger charge is 2.10. The fourth-order valence-corrected chi connectivity index (χ4v) is 1.73. The summed E-state index contributed by atoms with van der Waals surface area (Å²) in [6, 6.07) is 8.57. The quantitative estimate of drug-likeness (QED) is 0.821. The fraction of sp³-hybridized carbons (Fsp3) is 0.267. The molecule has 0 aliphatic rings. The Bertz CT molecular complexity index is 577. The molecule has 0 saturated heterocycles. The lowest BCUT2D eigenvalue weighted by Gasteiger charge is -2.13. The summed E-state index contributed by atoms with van der Waals surface area (Å²) in [6.07, 6.45) is 1.60. The van der Waals surface area contributed by atoms with Crippen molar-refractivity contribution in [2.75, 3.05) is 5.73 Å². The third kappa shape index (κ3) is 3.54. The Morgan fingerprint density at radius 3 is 2.80 bits per heavy atom. The summed E-state index contributed by atoms with van der Waals surface area (Å²) in [5.74, 6) is 1.08.